The van der Waals surface area contributed by atoms with Crippen LogP contribution in [0.3, 0.4) is 0 Å². The van der Waals surface area contributed by atoms with Crippen LogP contribution in [0, 0.1) is 0 Å². The smallest absolute Gasteiger partial charge is 0.312 e. The van der Waals surface area contributed by atoms with E-state index in [1.165, 1.54) is 17.3 Å². The molecule has 2 rings (SSSR count). The molecule has 0 saturated heterocycles. The highest BCUT2D eigenvalue weighted by Gasteiger charge is 2.23. The highest BCUT2D eigenvalue weighted by Crippen LogP contribution is 2.28. The number of hydrogen-bond acceptors (Lipinski definition) is 8. The topological polar surface area (TPSA) is 161 Å². The van der Waals surface area contributed by atoms with Gasteiger partial charge in [-0.3, -0.25) is 14.2 Å². The normalized spacial score (nSPS) is 14.1. The Balaban J connectivity index is 2.41. The predicted molar refractivity (Wildman–Crippen MR) is 94.9 cm³/mol. The number of nitrogens with two attached hydrogens (primary N) is 2. The quantitative estimate of drug-likeness (QED) is 0.445. The molecule has 2 heterocycles. The SMILES string of the molecule is CCCN(OCCN)C(=O)C1=Cc2cnc(S(=O)(=O)O)cc2N=C(N)C1. The van der Waals surface area contributed by atoms with Gasteiger partial charge in [-0.2, -0.15) is 8.42 Å². The van der Waals surface area contributed by atoms with Crippen molar-refractivity contribution >= 4 is 33.6 Å². The van der Waals surface area contributed by atoms with Crippen molar-refractivity contribution in [2.45, 2.75) is 24.8 Å². The van der Waals surface area contributed by atoms with Crippen LogP contribution < -0.4 is 11.5 Å². The summed E-state index contributed by atoms with van der Waals surface area (Å²) < 4.78 is 31.6. The molecule has 26 heavy (non-hydrogen) atoms. The average Bonchev–Trinajstić information content (AvgIpc) is 2.74. The molecule has 0 spiro atoms. The Kier molecular flexibility index (Phi) is 6.42. The number of carbonyl (C=O) groups excluding carboxylic acids is 1. The van der Waals surface area contributed by atoms with E-state index in [1.54, 1.807) is 0 Å². The average molecular weight is 383 g/mol. The molecule has 1 aliphatic heterocycles. The summed E-state index contributed by atoms with van der Waals surface area (Å²) in [5, 5.41) is 0.673. The Morgan fingerprint density at radius 1 is 1.46 bits per heavy atom. The summed E-state index contributed by atoms with van der Waals surface area (Å²) in [6, 6.07) is 1.09. The molecular weight excluding hydrogens is 362 g/mol. The van der Waals surface area contributed by atoms with Crippen LogP contribution in [0.5, 0.6) is 0 Å². The molecule has 1 aliphatic rings. The molecular formula is C15H21N5O5S. The van der Waals surface area contributed by atoms with Crippen molar-refractivity contribution in [1.29, 1.82) is 0 Å². The number of hydrogen-bond donors (Lipinski definition) is 3. The third kappa shape index (κ3) is 4.85. The van der Waals surface area contributed by atoms with Gasteiger partial charge in [0, 0.05) is 42.9 Å². The Bertz CT molecular complexity index is 850. The third-order valence-electron chi connectivity index (χ3n) is 3.41. The predicted octanol–water partition coefficient (Wildman–Crippen LogP) is 0.233. The van der Waals surface area contributed by atoms with Gasteiger partial charge in [0.15, 0.2) is 5.03 Å². The minimum atomic E-state index is -4.48. The number of aromatic nitrogens is 1. The van der Waals surface area contributed by atoms with Crippen molar-refractivity contribution in [1.82, 2.24) is 10.0 Å². The second-order valence-electron chi connectivity index (χ2n) is 5.54. The van der Waals surface area contributed by atoms with E-state index < -0.39 is 15.1 Å². The van der Waals surface area contributed by atoms with Gasteiger partial charge in [-0.05, 0) is 12.5 Å². The maximum atomic E-state index is 12.8. The van der Waals surface area contributed by atoms with Crippen molar-refractivity contribution in [3.05, 3.63) is 23.4 Å². The molecule has 1 amide bonds. The first-order chi connectivity index (χ1) is 12.3. The minimum absolute atomic E-state index is 0.0565. The van der Waals surface area contributed by atoms with Gasteiger partial charge in [0.25, 0.3) is 5.91 Å². The lowest BCUT2D eigenvalue weighted by atomic mass is 10.1. The molecule has 0 aromatic carbocycles. The fourth-order valence-electron chi connectivity index (χ4n) is 2.30. The summed E-state index contributed by atoms with van der Waals surface area (Å²) >= 11 is 0. The highest BCUT2D eigenvalue weighted by atomic mass is 32.2. The Hall–Kier alpha value is -2.34. The highest BCUT2D eigenvalue weighted by molar-refractivity contribution is 7.85. The van der Waals surface area contributed by atoms with E-state index in [2.05, 4.69) is 9.98 Å². The molecule has 0 saturated carbocycles. The van der Waals surface area contributed by atoms with E-state index in [0.29, 0.717) is 24.1 Å². The van der Waals surface area contributed by atoms with Crippen molar-refractivity contribution in [3.63, 3.8) is 0 Å². The van der Waals surface area contributed by atoms with E-state index >= 15 is 0 Å². The minimum Gasteiger partial charge on any atom is -0.387 e. The van der Waals surface area contributed by atoms with Gasteiger partial charge in [0.05, 0.1) is 12.3 Å². The van der Waals surface area contributed by atoms with Gasteiger partial charge in [-0.15, -0.1) is 0 Å². The number of amidine groups is 1. The van der Waals surface area contributed by atoms with Gasteiger partial charge in [-0.1, -0.05) is 6.92 Å². The van der Waals surface area contributed by atoms with Crippen LogP contribution in [-0.4, -0.2) is 54.5 Å². The number of aliphatic imine (C=N–C) groups is 1. The maximum absolute atomic E-state index is 12.8. The molecule has 0 fully saturated rings. The lowest BCUT2D eigenvalue weighted by molar-refractivity contribution is -0.181. The number of fused-ring (bicyclic) bond motifs is 1. The maximum Gasteiger partial charge on any atom is 0.312 e. The van der Waals surface area contributed by atoms with Crippen molar-refractivity contribution < 1.29 is 22.6 Å². The Morgan fingerprint density at radius 2 is 2.19 bits per heavy atom. The molecule has 1 aromatic heterocycles. The lowest BCUT2D eigenvalue weighted by Gasteiger charge is -2.22. The number of hydroxylamine groups is 2. The Morgan fingerprint density at radius 3 is 2.81 bits per heavy atom. The van der Waals surface area contributed by atoms with Gasteiger partial charge in [0.1, 0.15) is 5.84 Å². The van der Waals surface area contributed by atoms with Gasteiger partial charge in [0.2, 0.25) is 0 Å². The van der Waals surface area contributed by atoms with E-state index in [9.17, 15) is 13.2 Å². The Labute approximate surface area is 151 Å². The molecule has 10 nitrogen and oxygen atoms in total. The first-order valence-corrected chi connectivity index (χ1v) is 9.36. The second-order valence-corrected chi connectivity index (χ2v) is 6.90. The largest absolute Gasteiger partial charge is 0.387 e. The van der Waals surface area contributed by atoms with Crippen LogP contribution in [-0.2, 0) is 19.8 Å². The standard InChI is InChI=1S/C15H21N5O5S/c1-2-4-20(25-5-3-16)15(21)10-6-11-9-18-14(26(22,23)24)8-12(11)19-13(17)7-10/h6,8-9H,2-5,7,16H2,1H3,(H2,17,19)(H,22,23,24). The first-order valence-electron chi connectivity index (χ1n) is 7.92. The zero-order valence-electron chi connectivity index (χ0n) is 14.3. The van der Waals surface area contributed by atoms with E-state index in [-0.39, 0.29) is 37.0 Å². The number of rotatable bonds is 7. The van der Waals surface area contributed by atoms with Crippen molar-refractivity contribution in [2.75, 3.05) is 19.7 Å². The molecule has 5 N–H and O–H groups in total. The number of amides is 1. The van der Waals surface area contributed by atoms with Crippen molar-refractivity contribution in [3.8, 4) is 0 Å². The van der Waals surface area contributed by atoms with Gasteiger partial charge in [-0.25, -0.2) is 15.0 Å². The molecule has 0 atom stereocenters. The summed E-state index contributed by atoms with van der Waals surface area (Å²) in [6.07, 6.45) is 3.47. The first kappa shape index (κ1) is 20.0. The van der Waals surface area contributed by atoms with Gasteiger partial charge < -0.3 is 11.5 Å². The van der Waals surface area contributed by atoms with Crippen LogP contribution in [0.15, 0.2) is 27.9 Å². The molecule has 1 aromatic rings. The fourth-order valence-corrected chi connectivity index (χ4v) is 2.75. The van der Waals surface area contributed by atoms with E-state index in [4.69, 9.17) is 20.9 Å². The summed E-state index contributed by atoms with van der Waals surface area (Å²) in [6.45, 7) is 2.74. The van der Waals surface area contributed by atoms with Crippen LogP contribution in [0.4, 0.5) is 5.69 Å². The number of pyridine rings is 1. The molecule has 0 unspecified atom stereocenters. The van der Waals surface area contributed by atoms with Crippen LogP contribution in [0.25, 0.3) is 6.08 Å². The summed E-state index contributed by atoms with van der Waals surface area (Å²) in [4.78, 5) is 25.9. The summed E-state index contributed by atoms with van der Waals surface area (Å²) in [5.41, 5.74) is 12.2. The second kappa shape index (κ2) is 8.36. The zero-order chi connectivity index (χ0) is 19.3. The molecule has 0 radical (unpaired) electrons. The monoisotopic (exact) mass is 383 g/mol. The number of carbonyl (C=O) groups is 1. The van der Waals surface area contributed by atoms with Crippen LogP contribution in [0.2, 0.25) is 0 Å². The molecule has 142 valence electrons. The molecule has 0 bridgehead atoms. The summed E-state index contributed by atoms with van der Waals surface area (Å²) in [5.74, 6) is -0.267. The number of nitrogens with zero attached hydrogens (tertiary/aromatic N) is 3. The van der Waals surface area contributed by atoms with Gasteiger partial charge >= 0.3 is 10.1 Å². The van der Waals surface area contributed by atoms with Crippen LogP contribution >= 0.6 is 0 Å². The van der Waals surface area contributed by atoms with Crippen molar-refractivity contribution in [2.24, 2.45) is 16.5 Å². The van der Waals surface area contributed by atoms with E-state index in [0.717, 1.165) is 6.07 Å². The lowest BCUT2D eigenvalue weighted by Crippen LogP contribution is -2.35. The molecule has 11 heteroatoms. The zero-order valence-corrected chi connectivity index (χ0v) is 15.1. The fraction of sp³-hybridized carbons (Fsp3) is 0.400. The third-order valence-corrected chi connectivity index (χ3v) is 4.16. The molecule has 0 aliphatic carbocycles. The van der Waals surface area contributed by atoms with E-state index in [1.807, 2.05) is 6.92 Å². The summed E-state index contributed by atoms with van der Waals surface area (Å²) in [7, 11) is -4.48. The van der Waals surface area contributed by atoms with Crippen LogP contribution in [0.1, 0.15) is 25.3 Å².